The van der Waals surface area contributed by atoms with Crippen molar-refractivity contribution in [2.24, 2.45) is 0 Å². The van der Waals surface area contributed by atoms with E-state index in [0.717, 1.165) is 61.5 Å². The molecule has 2 aromatic carbocycles. The fourth-order valence-corrected chi connectivity index (χ4v) is 4.91. The Kier molecular flexibility index (Phi) is 9.06. The second-order valence-electron chi connectivity index (χ2n) is 10.5. The number of hydrogen-bond acceptors (Lipinski definition) is 5. The number of aryl methyl sites for hydroxylation is 4. The first-order valence-electron chi connectivity index (χ1n) is 13.3. The van der Waals surface area contributed by atoms with Gasteiger partial charge in [0.2, 0.25) is 0 Å². The predicted octanol–water partition coefficient (Wildman–Crippen LogP) is 5.04. The third-order valence-electron chi connectivity index (χ3n) is 7.11. The van der Waals surface area contributed by atoms with Crippen LogP contribution < -0.4 is 15.0 Å². The van der Waals surface area contributed by atoms with Gasteiger partial charge in [0, 0.05) is 31.9 Å². The summed E-state index contributed by atoms with van der Waals surface area (Å²) in [5.41, 5.74) is 3.85. The number of benzene rings is 2. The summed E-state index contributed by atoms with van der Waals surface area (Å²) in [7, 11) is 0. The zero-order chi connectivity index (χ0) is 26.3. The van der Waals surface area contributed by atoms with Crippen LogP contribution in [0.25, 0.3) is 0 Å². The molecule has 1 saturated heterocycles. The van der Waals surface area contributed by atoms with Gasteiger partial charge in [-0.3, -0.25) is 9.69 Å². The van der Waals surface area contributed by atoms with E-state index in [9.17, 15) is 9.90 Å². The van der Waals surface area contributed by atoms with Crippen LogP contribution in [0.2, 0.25) is 0 Å². The van der Waals surface area contributed by atoms with Gasteiger partial charge in [-0.05, 0) is 87.9 Å². The van der Waals surface area contributed by atoms with Crippen LogP contribution in [0.15, 0.2) is 65.6 Å². The third kappa shape index (κ3) is 7.94. The highest BCUT2D eigenvalue weighted by atomic mass is 16.5. The smallest absolute Gasteiger partial charge is 0.250 e. The SMILES string of the molecule is Cc1ccc(OCC2(O)CCCN(Cc3ccc(OCCCn4cc(C)ccc4=O)cc3)CC2)c(C)c1. The summed E-state index contributed by atoms with van der Waals surface area (Å²) < 4.78 is 13.7. The second-order valence-corrected chi connectivity index (χ2v) is 10.5. The number of rotatable bonds is 10. The topological polar surface area (TPSA) is 63.9 Å². The van der Waals surface area contributed by atoms with E-state index in [-0.39, 0.29) is 5.56 Å². The molecule has 198 valence electrons. The van der Waals surface area contributed by atoms with E-state index in [4.69, 9.17) is 9.47 Å². The van der Waals surface area contributed by atoms with Crippen LogP contribution >= 0.6 is 0 Å². The molecule has 0 radical (unpaired) electrons. The van der Waals surface area contributed by atoms with Crippen molar-refractivity contribution in [2.45, 2.75) is 65.1 Å². The van der Waals surface area contributed by atoms with Crippen molar-refractivity contribution < 1.29 is 14.6 Å². The molecule has 0 amide bonds. The number of aromatic nitrogens is 1. The number of aliphatic hydroxyl groups is 1. The molecular weight excluding hydrogens is 464 g/mol. The molecule has 1 atom stereocenters. The lowest BCUT2D eigenvalue weighted by Crippen LogP contribution is -2.37. The maximum Gasteiger partial charge on any atom is 0.250 e. The number of pyridine rings is 1. The van der Waals surface area contributed by atoms with E-state index in [2.05, 4.69) is 30.0 Å². The molecule has 0 saturated carbocycles. The molecule has 1 aliphatic heterocycles. The van der Waals surface area contributed by atoms with Crippen molar-refractivity contribution in [3.8, 4) is 11.5 Å². The Balaban J connectivity index is 1.21. The van der Waals surface area contributed by atoms with Crippen molar-refractivity contribution in [2.75, 3.05) is 26.3 Å². The molecule has 2 heterocycles. The molecule has 1 aromatic heterocycles. The Labute approximate surface area is 220 Å². The van der Waals surface area contributed by atoms with Crippen molar-refractivity contribution in [3.05, 3.63) is 93.4 Å². The van der Waals surface area contributed by atoms with Crippen LogP contribution in [0.4, 0.5) is 0 Å². The summed E-state index contributed by atoms with van der Waals surface area (Å²) in [6, 6.07) is 17.9. The van der Waals surface area contributed by atoms with Gasteiger partial charge < -0.3 is 19.1 Å². The number of hydrogen-bond donors (Lipinski definition) is 1. The zero-order valence-corrected chi connectivity index (χ0v) is 22.4. The van der Waals surface area contributed by atoms with Gasteiger partial charge in [0.25, 0.3) is 5.56 Å². The fraction of sp³-hybridized carbons (Fsp3) is 0.452. The Hall–Kier alpha value is -3.09. The van der Waals surface area contributed by atoms with E-state index < -0.39 is 5.60 Å². The van der Waals surface area contributed by atoms with Gasteiger partial charge in [0.15, 0.2) is 0 Å². The highest BCUT2D eigenvalue weighted by Gasteiger charge is 2.31. The first kappa shape index (κ1) is 27.0. The molecule has 6 heteroatoms. The predicted molar refractivity (Wildman–Crippen MR) is 147 cm³/mol. The van der Waals surface area contributed by atoms with Crippen molar-refractivity contribution in [1.29, 1.82) is 0 Å². The van der Waals surface area contributed by atoms with E-state index in [1.165, 1.54) is 11.1 Å². The summed E-state index contributed by atoms with van der Waals surface area (Å²) >= 11 is 0. The summed E-state index contributed by atoms with van der Waals surface area (Å²) in [6.45, 7) is 10.3. The second kappa shape index (κ2) is 12.4. The molecule has 3 aromatic rings. The molecule has 1 fully saturated rings. The van der Waals surface area contributed by atoms with Gasteiger partial charge in [-0.25, -0.2) is 0 Å². The Bertz CT molecular complexity index is 1220. The summed E-state index contributed by atoms with van der Waals surface area (Å²) in [5.74, 6) is 1.70. The lowest BCUT2D eigenvalue weighted by Gasteiger charge is -2.27. The first-order chi connectivity index (χ1) is 17.8. The minimum Gasteiger partial charge on any atom is -0.494 e. The van der Waals surface area contributed by atoms with Crippen LogP contribution in [0.3, 0.4) is 0 Å². The normalized spacial score (nSPS) is 18.4. The highest BCUT2D eigenvalue weighted by Crippen LogP contribution is 2.27. The van der Waals surface area contributed by atoms with Crippen molar-refractivity contribution >= 4 is 0 Å². The van der Waals surface area contributed by atoms with Crippen LogP contribution in [0.1, 0.15) is 47.9 Å². The average Bonchev–Trinajstić information content (AvgIpc) is 3.06. The highest BCUT2D eigenvalue weighted by molar-refractivity contribution is 5.35. The van der Waals surface area contributed by atoms with Crippen molar-refractivity contribution in [1.82, 2.24) is 9.47 Å². The first-order valence-corrected chi connectivity index (χ1v) is 13.3. The lowest BCUT2D eigenvalue weighted by molar-refractivity contribution is -0.0170. The van der Waals surface area contributed by atoms with E-state index in [1.807, 2.05) is 50.4 Å². The summed E-state index contributed by atoms with van der Waals surface area (Å²) in [5, 5.41) is 11.2. The Morgan fingerprint density at radius 3 is 2.49 bits per heavy atom. The standard InChI is InChI=1S/C31H40N2O4/c1-24-6-12-29(26(3)20-24)37-23-31(35)14-4-16-32(18-15-31)22-27-8-10-28(11-9-27)36-19-5-17-33-21-25(2)7-13-30(33)34/h6-13,20-21,35H,4-5,14-19,22-23H2,1-3H3. The molecule has 0 bridgehead atoms. The van der Waals surface area contributed by atoms with Gasteiger partial charge in [0.05, 0.1) is 12.2 Å². The summed E-state index contributed by atoms with van der Waals surface area (Å²) in [4.78, 5) is 14.3. The Morgan fingerprint density at radius 1 is 0.919 bits per heavy atom. The van der Waals surface area contributed by atoms with Gasteiger partial charge in [-0.2, -0.15) is 0 Å². The maximum atomic E-state index is 11.9. The largest absolute Gasteiger partial charge is 0.494 e. The minimum absolute atomic E-state index is 0.0239. The van der Waals surface area contributed by atoms with Gasteiger partial charge in [0.1, 0.15) is 18.1 Å². The van der Waals surface area contributed by atoms with Crippen LogP contribution in [0.5, 0.6) is 11.5 Å². The van der Waals surface area contributed by atoms with Crippen LogP contribution in [-0.4, -0.2) is 46.5 Å². The molecule has 4 rings (SSSR count). The van der Waals surface area contributed by atoms with Crippen LogP contribution in [-0.2, 0) is 13.1 Å². The lowest BCUT2D eigenvalue weighted by atomic mass is 9.96. The van der Waals surface area contributed by atoms with E-state index >= 15 is 0 Å². The molecule has 1 unspecified atom stereocenters. The molecule has 1 N–H and O–H groups in total. The molecule has 37 heavy (non-hydrogen) atoms. The van der Waals surface area contributed by atoms with Crippen molar-refractivity contribution in [3.63, 3.8) is 0 Å². The Morgan fingerprint density at radius 2 is 1.70 bits per heavy atom. The van der Waals surface area contributed by atoms with E-state index in [0.29, 0.717) is 26.2 Å². The average molecular weight is 505 g/mol. The molecule has 0 spiro atoms. The number of ether oxygens (including phenoxy) is 2. The van der Waals surface area contributed by atoms with Crippen LogP contribution in [0, 0.1) is 20.8 Å². The molecule has 1 aliphatic rings. The van der Waals surface area contributed by atoms with E-state index in [1.54, 1.807) is 10.6 Å². The third-order valence-corrected chi connectivity index (χ3v) is 7.11. The quantitative estimate of drug-likeness (QED) is 0.392. The molecular formula is C31H40N2O4. The molecule has 6 nitrogen and oxygen atoms in total. The van der Waals surface area contributed by atoms with Gasteiger partial charge in [-0.1, -0.05) is 35.9 Å². The zero-order valence-electron chi connectivity index (χ0n) is 22.4. The number of likely N-dealkylation sites (tertiary alicyclic amines) is 1. The number of nitrogens with zero attached hydrogens (tertiary/aromatic N) is 2. The minimum atomic E-state index is -0.798. The van der Waals surface area contributed by atoms with Gasteiger partial charge in [-0.15, -0.1) is 0 Å². The molecule has 0 aliphatic carbocycles. The summed E-state index contributed by atoms with van der Waals surface area (Å²) in [6.07, 6.45) is 5.05. The van der Waals surface area contributed by atoms with Gasteiger partial charge >= 0.3 is 0 Å². The fourth-order valence-electron chi connectivity index (χ4n) is 4.91. The monoisotopic (exact) mass is 504 g/mol. The maximum absolute atomic E-state index is 11.9.